The van der Waals surface area contributed by atoms with Crippen molar-refractivity contribution in [1.29, 1.82) is 0 Å². The lowest BCUT2D eigenvalue weighted by molar-refractivity contribution is 0.314. The van der Waals surface area contributed by atoms with Gasteiger partial charge in [0, 0.05) is 5.75 Å². The van der Waals surface area contributed by atoms with Crippen molar-refractivity contribution in [3.05, 3.63) is 24.3 Å². The highest BCUT2D eigenvalue weighted by atomic mass is 32.2. The molecule has 0 bridgehead atoms. The normalized spacial score (nSPS) is 12.2. The Bertz CT molecular complexity index is 329. The first-order valence-electron chi connectivity index (χ1n) is 6.89. The predicted molar refractivity (Wildman–Crippen MR) is 83.3 cm³/mol. The summed E-state index contributed by atoms with van der Waals surface area (Å²) in [5.74, 6) is 4.49. The number of ether oxygens (including phenoxy) is 2. The van der Waals surface area contributed by atoms with Gasteiger partial charge < -0.3 is 15.2 Å². The SMILES string of the molecule is CCCOc1ccc(OCCSCC(C)CN)cc1. The van der Waals surface area contributed by atoms with Crippen LogP contribution < -0.4 is 15.2 Å². The summed E-state index contributed by atoms with van der Waals surface area (Å²) in [5, 5.41) is 0. The zero-order chi connectivity index (χ0) is 13.9. The Balaban J connectivity index is 2.15. The van der Waals surface area contributed by atoms with Crippen molar-refractivity contribution in [1.82, 2.24) is 0 Å². The minimum atomic E-state index is 0.583. The van der Waals surface area contributed by atoms with Crippen LogP contribution >= 0.6 is 11.8 Å². The van der Waals surface area contributed by atoms with Crippen LogP contribution in [-0.2, 0) is 0 Å². The molecule has 0 saturated carbocycles. The van der Waals surface area contributed by atoms with Gasteiger partial charge in [-0.15, -0.1) is 0 Å². The second-order valence-corrected chi connectivity index (χ2v) is 5.73. The quantitative estimate of drug-likeness (QED) is 0.670. The maximum atomic E-state index is 5.67. The molecule has 1 atom stereocenters. The second-order valence-electron chi connectivity index (χ2n) is 4.58. The van der Waals surface area contributed by atoms with Crippen LogP contribution in [0.25, 0.3) is 0 Å². The summed E-state index contributed by atoms with van der Waals surface area (Å²) >= 11 is 1.89. The van der Waals surface area contributed by atoms with Crippen LogP contribution in [0.1, 0.15) is 20.3 Å². The molecule has 3 nitrogen and oxygen atoms in total. The number of hydrogen-bond donors (Lipinski definition) is 1. The fourth-order valence-electron chi connectivity index (χ4n) is 1.42. The molecule has 108 valence electrons. The monoisotopic (exact) mass is 283 g/mol. The second kappa shape index (κ2) is 9.98. The zero-order valence-corrected chi connectivity index (χ0v) is 12.7. The molecule has 0 radical (unpaired) electrons. The van der Waals surface area contributed by atoms with Gasteiger partial charge in [0.15, 0.2) is 0 Å². The van der Waals surface area contributed by atoms with E-state index in [-0.39, 0.29) is 0 Å². The Morgan fingerprint density at radius 1 is 1.11 bits per heavy atom. The standard InChI is InChI=1S/C15H25NO2S/c1-3-8-17-14-4-6-15(7-5-14)18-9-10-19-12-13(2)11-16/h4-7,13H,3,8-12,16H2,1-2H3. The summed E-state index contributed by atoms with van der Waals surface area (Å²) in [5.41, 5.74) is 5.57. The molecule has 0 saturated heterocycles. The highest BCUT2D eigenvalue weighted by Gasteiger charge is 2.00. The van der Waals surface area contributed by atoms with Crippen molar-refractivity contribution in [2.45, 2.75) is 20.3 Å². The van der Waals surface area contributed by atoms with E-state index >= 15 is 0 Å². The smallest absolute Gasteiger partial charge is 0.119 e. The fraction of sp³-hybridized carbons (Fsp3) is 0.600. The Hall–Kier alpha value is -0.870. The number of rotatable bonds is 10. The predicted octanol–water partition coefficient (Wildman–Crippen LogP) is 3.18. The summed E-state index contributed by atoms with van der Waals surface area (Å²) in [6.45, 7) is 6.52. The van der Waals surface area contributed by atoms with E-state index in [1.54, 1.807) is 0 Å². The molecule has 0 fully saturated rings. The van der Waals surface area contributed by atoms with E-state index in [2.05, 4.69) is 13.8 Å². The summed E-state index contributed by atoms with van der Waals surface area (Å²) in [7, 11) is 0. The Labute approximate surface area is 120 Å². The van der Waals surface area contributed by atoms with E-state index in [9.17, 15) is 0 Å². The molecule has 1 rings (SSSR count). The minimum Gasteiger partial charge on any atom is -0.494 e. The van der Waals surface area contributed by atoms with Gasteiger partial charge in [0.2, 0.25) is 0 Å². The van der Waals surface area contributed by atoms with Crippen molar-refractivity contribution in [2.75, 3.05) is 31.3 Å². The van der Waals surface area contributed by atoms with E-state index in [4.69, 9.17) is 15.2 Å². The van der Waals surface area contributed by atoms with Crippen LogP contribution in [0.2, 0.25) is 0 Å². The summed E-state index contributed by atoms with van der Waals surface area (Å²) in [6, 6.07) is 7.82. The van der Waals surface area contributed by atoms with E-state index < -0.39 is 0 Å². The topological polar surface area (TPSA) is 44.5 Å². The Morgan fingerprint density at radius 3 is 2.21 bits per heavy atom. The van der Waals surface area contributed by atoms with Crippen molar-refractivity contribution in [3.63, 3.8) is 0 Å². The average molecular weight is 283 g/mol. The summed E-state index contributed by atoms with van der Waals surface area (Å²) in [6.07, 6.45) is 1.02. The number of thioether (sulfide) groups is 1. The maximum absolute atomic E-state index is 5.67. The third-order valence-electron chi connectivity index (χ3n) is 2.60. The Morgan fingerprint density at radius 2 is 1.68 bits per heavy atom. The lowest BCUT2D eigenvalue weighted by atomic mass is 10.2. The maximum Gasteiger partial charge on any atom is 0.119 e. The van der Waals surface area contributed by atoms with Crippen LogP contribution in [0.3, 0.4) is 0 Å². The van der Waals surface area contributed by atoms with Gasteiger partial charge in [0.25, 0.3) is 0 Å². The molecular formula is C15H25NO2S. The molecule has 1 unspecified atom stereocenters. The highest BCUT2D eigenvalue weighted by molar-refractivity contribution is 7.99. The van der Waals surface area contributed by atoms with Crippen molar-refractivity contribution < 1.29 is 9.47 Å². The van der Waals surface area contributed by atoms with Gasteiger partial charge in [0.1, 0.15) is 11.5 Å². The lowest BCUT2D eigenvalue weighted by Crippen LogP contribution is -2.13. The molecule has 0 aliphatic rings. The zero-order valence-electron chi connectivity index (χ0n) is 11.9. The average Bonchev–Trinajstić information content (AvgIpc) is 2.45. The number of benzene rings is 1. The third kappa shape index (κ3) is 7.33. The van der Waals surface area contributed by atoms with Crippen LogP contribution in [0.15, 0.2) is 24.3 Å². The van der Waals surface area contributed by atoms with E-state index in [0.717, 1.165) is 49.2 Å². The summed E-state index contributed by atoms with van der Waals surface area (Å²) in [4.78, 5) is 0. The van der Waals surface area contributed by atoms with Crippen LogP contribution in [0.4, 0.5) is 0 Å². The van der Waals surface area contributed by atoms with Crippen LogP contribution in [-0.4, -0.2) is 31.3 Å². The largest absolute Gasteiger partial charge is 0.494 e. The van der Waals surface area contributed by atoms with Gasteiger partial charge >= 0.3 is 0 Å². The fourth-order valence-corrected chi connectivity index (χ4v) is 2.33. The molecule has 4 heteroatoms. The van der Waals surface area contributed by atoms with Gasteiger partial charge in [0.05, 0.1) is 13.2 Å². The summed E-state index contributed by atoms with van der Waals surface area (Å²) < 4.78 is 11.2. The van der Waals surface area contributed by atoms with E-state index in [1.807, 2.05) is 36.0 Å². The first-order chi connectivity index (χ1) is 9.26. The molecule has 2 N–H and O–H groups in total. The van der Waals surface area contributed by atoms with Crippen LogP contribution in [0, 0.1) is 5.92 Å². The lowest BCUT2D eigenvalue weighted by Gasteiger charge is -2.09. The molecular weight excluding hydrogens is 258 g/mol. The van der Waals surface area contributed by atoms with Crippen molar-refractivity contribution in [2.24, 2.45) is 11.7 Å². The van der Waals surface area contributed by atoms with Gasteiger partial charge in [-0.3, -0.25) is 0 Å². The van der Waals surface area contributed by atoms with Crippen molar-refractivity contribution >= 4 is 11.8 Å². The highest BCUT2D eigenvalue weighted by Crippen LogP contribution is 2.18. The number of hydrogen-bond acceptors (Lipinski definition) is 4. The molecule has 0 spiro atoms. The van der Waals surface area contributed by atoms with Gasteiger partial charge in [-0.05, 0) is 48.9 Å². The van der Waals surface area contributed by atoms with E-state index in [1.165, 1.54) is 0 Å². The molecule has 1 aromatic carbocycles. The molecule has 0 aromatic heterocycles. The van der Waals surface area contributed by atoms with Gasteiger partial charge in [-0.1, -0.05) is 13.8 Å². The van der Waals surface area contributed by atoms with Crippen molar-refractivity contribution in [3.8, 4) is 11.5 Å². The van der Waals surface area contributed by atoms with Gasteiger partial charge in [-0.2, -0.15) is 11.8 Å². The molecule has 0 amide bonds. The number of nitrogens with two attached hydrogens (primary N) is 1. The van der Waals surface area contributed by atoms with Crippen LogP contribution in [0.5, 0.6) is 11.5 Å². The molecule has 19 heavy (non-hydrogen) atoms. The molecule has 0 heterocycles. The first kappa shape index (κ1) is 16.2. The first-order valence-corrected chi connectivity index (χ1v) is 8.05. The molecule has 1 aromatic rings. The molecule has 0 aliphatic carbocycles. The Kier molecular flexibility index (Phi) is 8.50. The molecule has 0 aliphatic heterocycles. The van der Waals surface area contributed by atoms with Gasteiger partial charge in [-0.25, -0.2) is 0 Å². The minimum absolute atomic E-state index is 0.583. The third-order valence-corrected chi connectivity index (χ3v) is 3.86. The van der Waals surface area contributed by atoms with E-state index in [0.29, 0.717) is 5.92 Å².